The van der Waals surface area contributed by atoms with Crippen LogP contribution in [0.1, 0.15) is 226 Å². The quantitative estimate of drug-likeness (QED) is 0.0228. The molecular weight excluding hydrogens is 1020 g/mol. The van der Waals surface area contributed by atoms with Gasteiger partial charge in [0.2, 0.25) is 0 Å². The number of aliphatic carboxylic acids is 1. The predicted molar refractivity (Wildman–Crippen MR) is 330 cm³/mol. The number of carbonyl (C=O) groups is 4. The summed E-state index contributed by atoms with van der Waals surface area (Å²) in [6, 6.07) is 0. The van der Waals surface area contributed by atoms with E-state index in [1.165, 1.54) is 19.3 Å². The highest BCUT2D eigenvalue weighted by atomic mass is 16.7. The molecule has 0 aromatic carbocycles. The van der Waals surface area contributed by atoms with Gasteiger partial charge in [0.05, 0.1) is 6.61 Å². The van der Waals surface area contributed by atoms with Gasteiger partial charge in [0, 0.05) is 19.3 Å². The second-order valence-electron chi connectivity index (χ2n) is 20.6. The van der Waals surface area contributed by atoms with Gasteiger partial charge < -0.3 is 39.0 Å². The number of carbonyl (C=O) groups excluding carboxylic acids is 3. The number of esters is 3. The Kier molecular flexibility index (Phi) is 50.5. The highest BCUT2D eigenvalue weighted by molar-refractivity contribution is 5.74. The topological polar surface area (TPSA) is 175 Å². The van der Waals surface area contributed by atoms with Crippen molar-refractivity contribution in [2.75, 3.05) is 13.2 Å². The van der Waals surface area contributed by atoms with Crippen molar-refractivity contribution < 1.29 is 58.2 Å². The molecule has 1 heterocycles. The van der Waals surface area contributed by atoms with Gasteiger partial charge in [-0.25, -0.2) is 4.79 Å². The van der Waals surface area contributed by atoms with Crippen LogP contribution in [0.3, 0.4) is 0 Å². The molecule has 0 spiro atoms. The maximum atomic E-state index is 13.1. The number of allylic oxidation sites excluding steroid dienone is 22. The molecule has 6 unspecified atom stereocenters. The average Bonchev–Trinajstić information content (AvgIpc) is 3.45. The second-order valence-corrected chi connectivity index (χ2v) is 20.6. The fourth-order valence-electron chi connectivity index (χ4n) is 8.44. The van der Waals surface area contributed by atoms with Gasteiger partial charge in [-0.2, -0.15) is 0 Å². The van der Waals surface area contributed by atoms with Crippen molar-refractivity contribution in [1.29, 1.82) is 0 Å². The van der Waals surface area contributed by atoms with E-state index in [4.69, 9.17) is 23.7 Å². The Labute approximate surface area is 490 Å². The van der Waals surface area contributed by atoms with E-state index in [0.717, 1.165) is 148 Å². The molecule has 0 bridgehead atoms. The van der Waals surface area contributed by atoms with Crippen molar-refractivity contribution in [2.24, 2.45) is 0 Å². The molecular formula is C69H108O12. The summed E-state index contributed by atoms with van der Waals surface area (Å²) in [7, 11) is 0. The number of hydrogen-bond donors (Lipinski definition) is 3. The third kappa shape index (κ3) is 45.1. The van der Waals surface area contributed by atoms with Crippen LogP contribution in [-0.4, -0.2) is 89.2 Å². The van der Waals surface area contributed by atoms with Crippen molar-refractivity contribution in [3.8, 4) is 0 Å². The number of unbranched alkanes of at least 4 members (excludes halogenated alkanes) is 15. The first-order chi connectivity index (χ1) is 39.6. The molecule has 0 aromatic heterocycles. The SMILES string of the molecule is CC/C=C\C/C=C\C/C=C\C/C=C\C/C=C\C/C=C\CCC(=O)OCC(COC1OC(C(=O)O)C(O)C(O)C1OC(=O)CCCCCCCC/C=C\C/C=C\C/C=C\CCCCC)OC(=O)CCCCCCC/C=C\C/C=C\CCC. The molecule has 0 aliphatic carbocycles. The van der Waals surface area contributed by atoms with E-state index in [0.29, 0.717) is 19.3 Å². The lowest BCUT2D eigenvalue weighted by Gasteiger charge is -2.40. The molecule has 1 aliphatic rings. The maximum absolute atomic E-state index is 13.1. The standard InChI is InChI=1S/C69H108O12/c1-4-7-10-13-16-19-22-25-27-29-31-33-35-38-40-43-46-49-52-55-61(70)77-58-60(79-62(71)56-53-50-47-44-41-37-24-21-18-15-12-9-6-3)59-78-69-67(65(74)64(73)66(81-69)68(75)76)80-63(72)57-54-51-48-45-42-39-36-34-32-30-28-26-23-20-17-14-11-8-5-2/h7,10,12,15-17,19-21,24-28,31-34,38,40,46,49,60,64-67,69,73-74H,4-6,8-9,11,13-14,18,22-23,29-30,35-37,39,41-45,47-48,50-59H2,1-3H3,(H,75,76)/b10-7-,15-12-,19-16-,20-17-,24-21-,27-25-,28-26-,33-31-,34-32-,40-38-,49-46-. The Balaban J connectivity index is 2.73. The van der Waals surface area contributed by atoms with Crippen molar-refractivity contribution in [3.05, 3.63) is 134 Å². The van der Waals surface area contributed by atoms with Gasteiger partial charge in [-0.15, -0.1) is 0 Å². The largest absolute Gasteiger partial charge is 0.479 e. The van der Waals surface area contributed by atoms with Gasteiger partial charge >= 0.3 is 23.9 Å². The van der Waals surface area contributed by atoms with E-state index in [1.54, 1.807) is 0 Å². The number of rotatable bonds is 51. The molecule has 1 rings (SSSR count). The first kappa shape index (κ1) is 73.9. The van der Waals surface area contributed by atoms with Crippen LogP contribution >= 0.6 is 0 Å². The fourth-order valence-corrected chi connectivity index (χ4v) is 8.44. The third-order valence-corrected chi connectivity index (χ3v) is 13.2. The number of aliphatic hydroxyl groups excluding tert-OH is 2. The summed E-state index contributed by atoms with van der Waals surface area (Å²) >= 11 is 0. The van der Waals surface area contributed by atoms with Crippen molar-refractivity contribution in [2.45, 2.75) is 263 Å². The summed E-state index contributed by atoms with van der Waals surface area (Å²) in [5, 5.41) is 31.5. The summed E-state index contributed by atoms with van der Waals surface area (Å²) in [6.45, 7) is 5.70. The Morgan fingerprint density at radius 3 is 1.28 bits per heavy atom. The molecule has 1 aliphatic heterocycles. The van der Waals surface area contributed by atoms with Crippen LogP contribution in [0, 0.1) is 0 Å². The minimum Gasteiger partial charge on any atom is -0.479 e. The third-order valence-electron chi connectivity index (χ3n) is 13.2. The highest BCUT2D eigenvalue weighted by Crippen LogP contribution is 2.26. The number of carboxylic acid groups (broad SMARTS) is 1. The van der Waals surface area contributed by atoms with Gasteiger partial charge in [-0.3, -0.25) is 14.4 Å². The molecule has 6 atom stereocenters. The van der Waals surface area contributed by atoms with Crippen LogP contribution in [0.5, 0.6) is 0 Å². The van der Waals surface area contributed by atoms with Crippen LogP contribution in [0.15, 0.2) is 134 Å². The molecule has 3 N–H and O–H groups in total. The Hall–Kier alpha value is -5.14. The summed E-state index contributed by atoms with van der Waals surface area (Å²) in [5.41, 5.74) is 0. The van der Waals surface area contributed by atoms with E-state index >= 15 is 0 Å². The Bertz CT molecular complexity index is 1920. The number of aliphatic hydroxyl groups is 2. The van der Waals surface area contributed by atoms with Crippen molar-refractivity contribution in [1.82, 2.24) is 0 Å². The maximum Gasteiger partial charge on any atom is 0.335 e. The molecule has 0 saturated carbocycles. The summed E-state index contributed by atoms with van der Waals surface area (Å²) < 4.78 is 28.4. The zero-order chi connectivity index (χ0) is 58.9. The molecule has 0 amide bonds. The average molecular weight is 1130 g/mol. The lowest BCUT2D eigenvalue weighted by atomic mass is 9.98. The van der Waals surface area contributed by atoms with Crippen LogP contribution < -0.4 is 0 Å². The summed E-state index contributed by atoms with van der Waals surface area (Å²) in [6.07, 6.45) is 65.6. The lowest BCUT2D eigenvalue weighted by molar-refractivity contribution is -0.301. The van der Waals surface area contributed by atoms with Gasteiger partial charge in [0.25, 0.3) is 0 Å². The minimum absolute atomic E-state index is 0.0299. The first-order valence-corrected chi connectivity index (χ1v) is 31.2. The van der Waals surface area contributed by atoms with E-state index < -0.39 is 67.3 Å². The molecule has 1 saturated heterocycles. The van der Waals surface area contributed by atoms with Crippen molar-refractivity contribution >= 4 is 23.9 Å². The van der Waals surface area contributed by atoms with E-state index in [-0.39, 0.29) is 25.9 Å². The zero-order valence-electron chi connectivity index (χ0n) is 50.2. The minimum atomic E-state index is -1.93. The smallest absolute Gasteiger partial charge is 0.335 e. The van der Waals surface area contributed by atoms with Gasteiger partial charge in [0.1, 0.15) is 18.8 Å². The Morgan fingerprint density at radius 1 is 0.420 bits per heavy atom. The molecule has 1 fully saturated rings. The fraction of sp³-hybridized carbons (Fsp3) is 0.623. The van der Waals surface area contributed by atoms with E-state index in [9.17, 15) is 34.5 Å². The van der Waals surface area contributed by atoms with Crippen LogP contribution in [0.25, 0.3) is 0 Å². The van der Waals surface area contributed by atoms with Gasteiger partial charge in [-0.05, 0) is 122 Å². The normalized spacial score (nSPS) is 18.7. The molecule has 456 valence electrons. The second kappa shape index (κ2) is 55.4. The molecule has 12 nitrogen and oxygen atoms in total. The lowest BCUT2D eigenvalue weighted by Crippen LogP contribution is -2.61. The van der Waals surface area contributed by atoms with E-state index in [2.05, 4.69) is 142 Å². The molecule has 12 heteroatoms. The van der Waals surface area contributed by atoms with Crippen molar-refractivity contribution in [3.63, 3.8) is 0 Å². The zero-order valence-corrected chi connectivity index (χ0v) is 50.2. The van der Waals surface area contributed by atoms with E-state index in [1.807, 2.05) is 12.2 Å². The summed E-state index contributed by atoms with van der Waals surface area (Å²) in [5.74, 6) is -3.28. The summed E-state index contributed by atoms with van der Waals surface area (Å²) in [4.78, 5) is 51.2. The van der Waals surface area contributed by atoms with Gasteiger partial charge in [0.15, 0.2) is 24.6 Å². The number of hydrogen-bond acceptors (Lipinski definition) is 11. The molecule has 0 radical (unpaired) electrons. The van der Waals surface area contributed by atoms with Crippen LogP contribution in [0.4, 0.5) is 0 Å². The number of ether oxygens (including phenoxy) is 5. The van der Waals surface area contributed by atoms with Crippen LogP contribution in [0.2, 0.25) is 0 Å². The highest BCUT2D eigenvalue weighted by Gasteiger charge is 2.50. The van der Waals surface area contributed by atoms with Gasteiger partial charge in [-0.1, -0.05) is 219 Å². The Morgan fingerprint density at radius 2 is 0.827 bits per heavy atom. The predicted octanol–water partition coefficient (Wildman–Crippen LogP) is 16.6. The van der Waals surface area contributed by atoms with Crippen LogP contribution in [-0.2, 0) is 42.9 Å². The first-order valence-electron chi connectivity index (χ1n) is 31.2. The monoisotopic (exact) mass is 1130 g/mol. The number of carboxylic acids is 1. The molecule has 81 heavy (non-hydrogen) atoms. The molecule has 0 aromatic rings.